The van der Waals surface area contributed by atoms with Crippen LogP contribution in [0, 0.1) is 5.92 Å². The SMILES string of the molecule is O=C(Nc1ccc(CN2CCCCC2)cc1)C1CC(=O)N(c2ccc3c(c2)OCO3)C1. The molecular weight excluding hydrogens is 394 g/mol. The number of nitrogens with one attached hydrogen (secondary N) is 1. The highest BCUT2D eigenvalue weighted by Crippen LogP contribution is 2.37. The number of anilines is 2. The first-order valence-corrected chi connectivity index (χ1v) is 11.0. The van der Waals surface area contributed by atoms with E-state index in [1.54, 1.807) is 17.0 Å². The van der Waals surface area contributed by atoms with E-state index < -0.39 is 0 Å². The van der Waals surface area contributed by atoms with E-state index >= 15 is 0 Å². The molecule has 7 nitrogen and oxygen atoms in total. The maximum absolute atomic E-state index is 12.8. The molecule has 162 valence electrons. The lowest BCUT2D eigenvalue weighted by atomic mass is 10.1. The quantitative estimate of drug-likeness (QED) is 0.801. The number of ether oxygens (including phenoxy) is 2. The van der Waals surface area contributed by atoms with Gasteiger partial charge >= 0.3 is 0 Å². The summed E-state index contributed by atoms with van der Waals surface area (Å²) in [4.78, 5) is 29.5. The number of piperidine rings is 1. The molecule has 0 bridgehead atoms. The molecule has 0 radical (unpaired) electrons. The molecule has 0 spiro atoms. The van der Waals surface area contributed by atoms with Crippen molar-refractivity contribution >= 4 is 23.2 Å². The van der Waals surface area contributed by atoms with Crippen molar-refractivity contribution in [3.63, 3.8) is 0 Å². The summed E-state index contributed by atoms with van der Waals surface area (Å²) >= 11 is 0. The molecule has 0 aliphatic carbocycles. The van der Waals surface area contributed by atoms with Crippen LogP contribution in [0.25, 0.3) is 0 Å². The van der Waals surface area contributed by atoms with Crippen LogP contribution in [0.5, 0.6) is 11.5 Å². The molecule has 1 N–H and O–H groups in total. The van der Waals surface area contributed by atoms with E-state index in [-0.39, 0.29) is 30.9 Å². The summed E-state index contributed by atoms with van der Waals surface area (Å²) in [6, 6.07) is 13.5. The third-order valence-corrected chi connectivity index (χ3v) is 6.24. The average molecular weight is 421 g/mol. The minimum Gasteiger partial charge on any atom is -0.454 e. The summed E-state index contributed by atoms with van der Waals surface area (Å²) in [5.74, 6) is 0.735. The van der Waals surface area contributed by atoms with Crippen molar-refractivity contribution in [3.8, 4) is 11.5 Å². The summed E-state index contributed by atoms with van der Waals surface area (Å²) in [5.41, 5.74) is 2.75. The number of fused-ring (bicyclic) bond motifs is 1. The molecule has 31 heavy (non-hydrogen) atoms. The normalized spacial score (nSPS) is 20.8. The van der Waals surface area contributed by atoms with Crippen molar-refractivity contribution in [1.29, 1.82) is 0 Å². The van der Waals surface area contributed by atoms with Crippen LogP contribution in [-0.4, -0.2) is 43.1 Å². The molecule has 5 rings (SSSR count). The van der Waals surface area contributed by atoms with Crippen molar-refractivity contribution < 1.29 is 19.1 Å². The lowest BCUT2D eigenvalue weighted by Crippen LogP contribution is -2.29. The number of nitrogens with zero attached hydrogens (tertiary/aromatic N) is 2. The van der Waals surface area contributed by atoms with Gasteiger partial charge in [-0.3, -0.25) is 14.5 Å². The molecule has 3 heterocycles. The fraction of sp³-hybridized carbons (Fsp3) is 0.417. The van der Waals surface area contributed by atoms with Gasteiger partial charge < -0.3 is 19.7 Å². The molecular formula is C24H27N3O4. The van der Waals surface area contributed by atoms with Gasteiger partial charge in [-0.15, -0.1) is 0 Å². The first kappa shape index (κ1) is 19.9. The van der Waals surface area contributed by atoms with Crippen LogP contribution < -0.4 is 19.7 Å². The highest BCUT2D eigenvalue weighted by atomic mass is 16.7. The Balaban J connectivity index is 1.18. The molecule has 2 amide bonds. The van der Waals surface area contributed by atoms with E-state index in [9.17, 15) is 9.59 Å². The first-order chi connectivity index (χ1) is 15.2. The topological polar surface area (TPSA) is 71.1 Å². The number of hydrogen-bond acceptors (Lipinski definition) is 5. The van der Waals surface area contributed by atoms with Gasteiger partial charge in [0.1, 0.15) is 0 Å². The Kier molecular flexibility index (Phi) is 5.51. The van der Waals surface area contributed by atoms with Gasteiger partial charge in [0.15, 0.2) is 11.5 Å². The summed E-state index contributed by atoms with van der Waals surface area (Å²) < 4.78 is 10.7. The standard InChI is InChI=1S/C24H27N3O4/c28-23-12-18(15-27(23)20-8-9-21-22(13-20)31-16-30-21)24(29)25-19-6-4-17(5-7-19)14-26-10-2-1-3-11-26/h4-9,13,18H,1-3,10-12,14-16H2,(H,25,29). The average Bonchev–Trinajstić information content (AvgIpc) is 3.42. The zero-order valence-corrected chi connectivity index (χ0v) is 17.5. The number of benzene rings is 2. The van der Waals surface area contributed by atoms with E-state index in [2.05, 4.69) is 22.3 Å². The van der Waals surface area contributed by atoms with Crippen LogP contribution in [0.15, 0.2) is 42.5 Å². The maximum atomic E-state index is 12.8. The number of likely N-dealkylation sites (tertiary alicyclic amines) is 1. The van der Waals surface area contributed by atoms with Crippen LogP contribution in [-0.2, 0) is 16.1 Å². The molecule has 3 aliphatic rings. The Morgan fingerprint density at radius 1 is 1.00 bits per heavy atom. The largest absolute Gasteiger partial charge is 0.454 e. The lowest BCUT2D eigenvalue weighted by molar-refractivity contribution is -0.122. The van der Waals surface area contributed by atoms with Gasteiger partial charge in [0, 0.05) is 37.0 Å². The summed E-state index contributed by atoms with van der Waals surface area (Å²) in [6.07, 6.45) is 4.08. The van der Waals surface area contributed by atoms with E-state index in [1.807, 2.05) is 18.2 Å². The zero-order chi connectivity index (χ0) is 21.2. The van der Waals surface area contributed by atoms with Gasteiger partial charge in [0.25, 0.3) is 0 Å². The fourth-order valence-electron chi connectivity index (χ4n) is 4.50. The third-order valence-electron chi connectivity index (χ3n) is 6.24. The Bertz CT molecular complexity index is 969. The molecule has 1 unspecified atom stereocenters. The smallest absolute Gasteiger partial charge is 0.231 e. The van der Waals surface area contributed by atoms with Gasteiger partial charge in [-0.1, -0.05) is 18.6 Å². The number of hydrogen-bond donors (Lipinski definition) is 1. The van der Waals surface area contributed by atoms with Gasteiger partial charge in [-0.25, -0.2) is 0 Å². The predicted octanol–water partition coefficient (Wildman–Crippen LogP) is 3.39. The van der Waals surface area contributed by atoms with Gasteiger partial charge in [0.2, 0.25) is 18.6 Å². The van der Waals surface area contributed by atoms with Crippen LogP contribution in [0.3, 0.4) is 0 Å². The molecule has 2 saturated heterocycles. The number of rotatable bonds is 5. The van der Waals surface area contributed by atoms with E-state index in [0.717, 1.165) is 31.0 Å². The number of carbonyl (C=O) groups is 2. The highest BCUT2D eigenvalue weighted by molar-refractivity contribution is 6.03. The maximum Gasteiger partial charge on any atom is 0.231 e. The van der Waals surface area contributed by atoms with E-state index in [4.69, 9.17) is 9.47 Å². The highest BCUT2D eigenvalue weighted by Gasteiger charge is 2.35. The second-order valence-corrected chi connectivity index (χ2v) is 8.47. The van der Waals surface area contributed by atoms with Crippen molar-refractivity contribution in [2.75, 3.05) is 36.6 Å². The second-order valence-electron chi connectivity index (χ2n) is 8.47. The van der Waals surface area contributed by atoms with Gasteiger partial charge in [-0.2, -0.15) is 0 Å². The van der Waals surface area contributed by atoms with Crippen molar-refractivity contribution in [2.45, 2.75) is 32.2 Å². The fourth-order valence-corrected chi connectivity index (χ4v) is 4.50. The second kappa shape index (κ2) is 8.59. The third kappa shape index (κ3) is 4.37. The summed E-state index contributed by atoms with van der Waals surface area (Å²) in [6.45, 7) is 3.82. The van der Waals surface area contributed by atoms with Crippen molar-refractivity contribution in [3.05, 3.63) is 48.0 Å². The molecule has 2 aromatic rings. The zero-order valence-electron chi connectivity index (χ0n) is 17.5. The summed E-state index contributed by atoms with van der Waals surface area (Å²) in [7, 11) is 0. The Hall–Kier alpha value is -3.06. The molecule has 2 fully saturated rings. The molecule has 0 saturated carbocycles. The minimum atomic E-state index is -0.383. The number of carbonyl (C=O) groups excluding carboxylic acids is 2. The van der Waals surface area contributed by atoms with E-state index in [1.165, 1.54) is 24.8 Å². The molecule has 2 aromatic carbocycles. The lowest BCUT2D eigenvalue weighted by Gasteiger charge is -2.26. The number of amides is 2. The monoisotopic (exact) mass is 421 g/mol. The molecule has 0 aromatic heterocycles. The van der Waals surface area contributed by atoms with Crippen molar-refractivity contribution in [1.82, 2.24) is 4.90 Å². The summed E-state index contributed by atoms with van der Waals surface area (Å²) in [5, 5.41) is 2.97. The molecule has 3 aliphatic heterocycles. The van der Waals surface area contributed by atoms with Crippen molar-refractivity contribution in [2.24, 2.45) is 5.92 Å². The molecule has 7 heteroatoms. The van der Waals surface area contributed by atoms with Gasteiger partial charge in [0.05, 0.1) is 5.92 Å². The Morgan fingerprint density at radius 2 is 1.77 bits per heavy atom. The van der Waals surface area contributed by atoms with Gasteiger partial charge in [-0.05, 0) is 55.8 Å². The van der Waals surface area contributed by atoms with Crippen LogP contribution in [0.2, 0.25) is 0 Å². The Labute approximate surface area is 181 Å². The molecule has 1 atom stereocenters. The predicted molar refractivity (Wildman–Crippen MR) is 117 cm³/mol. The van der Waals surface area contributed by atoms with Crippen LogP contribution in [0.4, 0.5) is 11.4 Å². The minimum absolute atomic E-state index is 0.0594. The van der Waals surface area contributed by atoms with Crippen LogP contribution >= 0.6 is 0 Å². The first-order valence-electron chi connectivity index (χ1n) is 11.0. The Morgan fingerprint density at radius 3 is 2.58 bits per heavy atom. The van der Waals surface area contributed by atoms with Crippen LogP contribution in [0.1, 0.15) is 31.2 Å². The van der Waals surface area contributed by atoms with E-state index in [0.29, 0.717) is 18.0 Å².